The lowest BCUT2D eigenvalue weighted by molar-refractivity contribution is 0.0904. The number of aryl methyl sites for hydroxylation is 1. The van der Waals surface area contributed by atoms with E-state index in [1.54, 1.807) is 0 Å². The molecule has 0 saturated carbocycles. The van der Waals surface area contributed by atoms with Crippen LogP contribution in [-0.2, 0) is 11.3 Å². The first kappa shape index (κ1) is 18.4. The average molecular weight is 374 g/mol. The van der Waals surface area contributed by atoms with Crippen LogP contribution in [0.3, 0.4) is 0 Å². The highest BCUT2D eigenvalue weighted by atomic mass is 16.5. The number of nitrogens with one attached hydrogen (secondary N) is 2. The van der Waals surface area contributed by atoms with Gasteiger partial charge in [0.05, 0.1) is 17.6 Å². The molecule has 1 aliphatic rings. The summed E-state index contributed by atoms with van der Waals surface area (Å²) in [5.74, 6) is 7.23. The monoisotopic (exact) mass is 374 g/mol. The van der Waals surface area contributed by atoms with Crippen molar-refractivity contribution in [2.24, 2.45) is 0 Å². The fraction of sp³-hybridized carbons (Fsp3) is 0.348. The van der Waals surface area contributed by atoms with Crippen LogP contribution in [0.4, 0.5) is 11.4 Å². The minimum atomic E-state index is 0.475. The number of ether oxygens (including phenoxy) is 1. The predicted octanol–water partition coefficient (Wildman–Crippen LogP) is 4.11. The molecule has 1 aliphatic heterocycles. The third-order valence-corrected chi connectivity index (χ3v) is 5.01. The van der Waals surface area contributed by atoms with E-state index in [2.05, 4.69) is 52.2 Å². The molecule has 144 valence electrons. The lowest BCUT2D eigenvalue weighted by Gasteiger charge is -2.24. The largest absolute Gasteiger partial charge is 0.382 e. The number of imidazole rings is 1. The van der Waals surface area contributed by atoms with Gasteiger partial charge in [0.1, 0.15) is 0 Å². The number of hydrogen-bond acceptors (Lipinski definition) is 4. The molecular formula is C23H26N4O. The summed E-state index contributed by atoms with van der Waals surface area (Å²) in [5, 5.41) is 6.92. The molecule has 0 bridgehead atoms. The van der Waals surface area contributed by atoms with Crippen molar-refractivity contribution in [3.05, 3.63) is 54.4 Å². The van der Waals surface area contributed by atoms with Crippen molar-refractivity contribution >= 4 is 22.4 Å². The lowest BCUT2D eigenvalue weighted by atomic mass is 10.1. The lowest BCUT2D eigenvalue weighted by Crippen LogP contribution is -2.27. The normalized spacial score (nSPS) is 14.5. The first-order valence-electron chi connectivity index (χ1n) is 9.96. The average Bonchev–Trinajstić information content (AvgIpc) is 3.09. The van der Waals surface area contributed by atoms with Crippen LogP contribution in [0.25, 0.3) is 11.0 Å². The maximum Gasteiger partial charge on any atom is 0.186 e. The molecule has 1 saturated heterocycles. The van der Waals surface area contributed by atoms with Gasteiger partial charge in [-0.3, -0.25) is 0 Å². The van der Waals surface area contributed by atoms with E-state index in [0.717, 1.165) is 60.8 Å². The molecular weight excluding hydrogens is 348 g/mol. The Labute approximate surface area is 166 Å². The minimum absolute atomic E-state index is 0.475. The summed E-state index contributed by atoms with van der Waals surface area (Å²) in [6.07, 6.45) is 2.10. The molecule has 0 amide bonds. The summed E-state index contributed by atoms with van der Waals surface area (Å²) in [6.45, 7) is 5.23. The van der Waals surface area contributed by atoms with Gasteiger partial charge in [0.25, 0.3) is 0 Å². The van der Waals surface area contributed by atoms with Crippen molar-refractivity contribution in [1.82, 2.24) is 9.55 Å². The van der Waals surface area contributed by atoms with Crippen LogP contribution in [0.15, 0.2) is 48.5 Å². The van der Waals surface area contributed by atoms with Crippen LogP contribution < -0.4 is 10.6 Å². The SMILES string of the molecule is CCn1c(C#CCNc2ccccc2)nc2cc(NC3CCOCC3)ccc21. The maximum absolute atomic E-state index is 5.44. The maximum atomic E-state index is 5.44. The summed E-state index contributed by atoms with van der Waals surface area (Å²) in [5.41, 5.74) is 4.30. The molecule has 28 heavy (non-hydrogen) atoms. The first-order valence-corrected chi connectivity index (χ1v) is 9.96. The molecule has 1 fully saturated rings. The Bertz CT molecular complexity index is 978. The highest BCUT2D eigenvalue weighted by molar-refractivity contribution is 5.81. The Morgan fingerprint density at radius 1 is 1.11 bits per heavy atom. The summed E-state index contributed by atoms with van der Waals surface area (Å²) >= 11 is 0. The number of aromatic nitrogens is 2. The van der Waals surface area contributed by atoms with Gasteiger partial charge in [0.15, 0.2) is 5.82 Å². The van der Waals surface area contributed by atoms with Crippen molar-refractivity contribution in [3.63, 3.8) is 0 Å². The van der Waals surface area contributed by atoms with E-state index in [4.69, 9.17) is 9.72 Å². The van der Waals surface area contributed by atoms with E-state index < -0.39 is 0 Å². The number of fused-ring (bicyclic) bond motifs is 1. The molecule has 2 N–H and O–H groups in total. The minimum Gasteiger partial charge on any atom is -0.382 e. The second-order valence-electron chi connectivity index (χ2n) is 6.94. The second-order valence-corrected chi connectivity index (χ2v) is 6.94. The Kier molecular flexibility index (Phi) is 5.79. The fourth-order valence-corrected chi connectivity index (χ4v) is 3.54. The van der Waals surface area contributed by atoms with Gasteiger partial charge >= 0.3 is 0 Å². The molecule has 2 aromatic carbocycles. The molecule has 0 atom stereocenters. The molecule has 4 rings (SSSR count). The molecule has 2 heterocycles. The van der Waals surface area contributed by atoms with Gasteiger partial charge in [-0.2, -0.15) is 0 Å². The van der Waals surface area contributed by atoms with E-state index in [-0.39, 0.29) is 0 Å². The van der Waals surface area contributed by atoms with E-state index in [0.29, 0.717) is 12.6 Å². The third kappa shape index (κ3) is 4.29. The number of rotatable bonds is 5. The Hall–Kier alpha value is -2.97. The van der Waals surface area contributed by atoms with Gasteiger partial charge in [-0.05, 0) is 56.0 Å². The molecule has 0 spiro atoms. The third-order valence-electron chi connectivity index (χ3n) is 5.01. The molecule has 0 unspecified atom stereocenters. The van der Waals surface area contributed by atoms with Gasteiger partial charge in [0, 0.05) is 37.2 Å². The Morgan fingerprint density at radius 3 is 2.71 bits per heavy atom. The van der Waals surface area contributed by atoms with Crippen molar-refractivity contribution < 1.29 is 4.74 Å². The van der Waals surface area contributed by atoms with E-state index in [1.807, 2.05) is 30.3 Å². The van der Waals surface area contributed by atoms with Gasteiger partial charge in [0.2, 0.25) is 0 Å². The first-order chi connectivity index (χ1) is 13.8. The zero-order valence-electron chi connectivity index (χ0n) is 16.2. The molecule has 0 aliphatic carbocycles. The number of anilines is 2. The molecule has 1 aromatic heterocycles. The molecule has 5 heteroatoms. The quantitative estimate of drug-likeness (QED) is 0.660. The second kappa shape index (κ2) is 8.81. The van der Waals surface area contributed by atoms with E-state index >= 15 is 0 Å². The van der Waals surface area contributed by atoms with E-state index in [9.17, 15) is 0 Å². The zero-order valence-corrected chi connectivity index (χ0v) is 16.2. The van der Waals surface area contributed by atoms with Crippen molar-refractivity contribution in [2.45, 2.75) is 32.4 Å². The fourth-order valence-electron chi connectivity index (χ4n) is 3.54. The summed E-state index contributed by atoms with van der Waals surface area (Å²) in [4.78, 5) is 4.78. The molecule has 0 radical (unpaired) electrons. The Morgan fingerprint density at radius 2 is 1.93 bits per heavy atom. The van der Waals surface area contributed by atoms with Crippen LogP contribution in [0, 0.1) is 11.8 Å². The van der Waals surface area contributed by atoms with Crippen LogP contribution in [0.1, 0.15) is 25.6 Å². The van der Waals surface area contributed by atoms with Crippen LogP contribution >= 0.6 is 0 Å². The number of para-hydroxylation sites is 1. The van der Waals surface area contributed by atoms with Gasteiger partial charge in [-0.25, -0.2) is 4.98 Å². The molecule has 3 aromatic rings. The molecule has 5 nitrogen and oxygen atoms in total. The topological polar surface area (TPSA) is 51.1 Å². The van der Waals surface area contributed by atoms with Crippen molar-refractivity contribution in [2.75, 3.05) is 30.4 Å². The van der Waals surface area contributed by atoms with Crippen molar-refractivity contribution in [3.8, 4) is 11.8 Å². The van der Waals surface area contributed by atoms with Gasteiger partial charge < -0.3 is 19.9 Å². The number of benzene rings is 2. The smallest absolute Gasteiger partial charge is 0.186 e. The van der Waals surface area contributed by atoms with Gasteiger partial charge in [-0.15, -0.1) is 0 Å². The van der Waals surface area contributed by atoms with Crippen molar-refractivity contribution in [1.29, 1.82) is 0 Å². The summed E-state index contributed by atoms with van der Waals surface area (Å²) in [6, 6.07) is 17.0. The van der Waals surface area contributed by atoms with Crippen LogP contribution in [0.2, 0.25) is 0 Å². The zero-order chi connectivity index (χ0) is 19.2. The number of nitrogens with zero attached hydrogens (tertiary/aromatic N) is 2. The Balaban J connectivity index is 1.49. The summed E-state index contributed by atoms with van der Waals surface area (Å²) < 4.78 is 7.61. The van der Waals surface area contributed by atoms with Crippen LogP contribution in [0.5, 0.6) is 0 Å². The highest BCUT2D eigenvalue weighted by Crippen LogP contribution is 2.22. The predicted molar refractivity (Wildman–Crippen MR) is 115 cm³/mol. The summed E-state index contributed by atoms with van der Waals surface area (Å²) in [7, 11) is 0. The number of hydrogen-bond donors (Lipinski definition) is 2. The highest BCUT2D eigenvalue weighted by Gasteiger charge is 2.14. The standard InChI is InChI=1S/C23H26N4O/c1-2-27-22-11-10-20(25-19-12-15-28-16-13-19)17-21(22)26-23(27)9-6-14-24-18-7-4-3-5-8-18/h3-5,7-8,10-11,17,19,24-25H,2,12-16H2,1H3. The van der Waals surface area contributed by atoms with Crippen LogP contribution in [-0.4, -0.2) is 35.4 Å². The van der Waals surface area contributed by atoms with E-state index in [1.165, 1.54) is 0 Å². The van der Waals surface area contributed by atoms with Gasteiger partial charge in [-0.1, -0.05) is 24.1 Å².